The summed E-state index contributed by atoms with van der Waals surface area (Å²) in [7, 11) is 1.62. The highest BCUT2D eigenvalue weighted by atomic mass is 16.5. The lowest BCUT2D eigenvalue weighted by molar-refractivity contribution is 0.416. The fourth-order valence-electron chi connectivity index (χ4n) is 1.69. The van der Waals surface area contributed by atoms with Crippen molar-refractivity contribution in [1.29, 1.82) is 0 Å². The van der Waals surface area contributed by atoms with Crippen molar-refractivity contribution in [2.75, 3.05) is 7.11 Å². The number of methoxy groups -OCH3 is 1. The third kappa shape index (κ3) is 2.20. The average Bonchev–Trinajstić information content (AvgIpc) is 2.32. The summed E-state index contributed by atoms with van der Waals surface area (Å²) in [6, 6.07) is 5.72. The van der Waals surface area contributed by atoms with E-state index in [0.29, 0.717) is 5.69 Å². The molecule has 0 aliphatic carbocycles. The molecule has 2 rings (SSSR count). The molecule has 0 spiro atoms. The highest BCUT2D eigenvalue weighted by Gasteiger charge is 2.08. The molecule has 0 saturated carbocycles. The molecule has 0 radical (unpaired) electrons. The summed E-state index contributed by atoms with van der Waals surface area (Å²) in [4.78, 5) is 17.5. The minimum atomic E-state index is -0.359. The van der Waals surface area contributed by atoms with Crippen molar-refractivity contribution in [3.05, 3.63) is 46.0 Å². The smallest absolute Gasteiger partial charge is 0.345 e. The predicted molar refractivity (Wildman–Crippen MR) is 66.3 cm³/mol. The Morgan fingerprint density at radius 1 is 1.24 bits per heavy atom. The third-order valence-electron chi connectivity index (χ3n) is 2.78. The SMILES string of the molecule is COc1cc(C)c(C)cc1-c1ccnc(=O)[nH]1. The molecule has 0 saturated heterocycles. The van der Waals surface area contributed by atoms with Gasteiger partial charge in [0, 0.05) is 11.8 Å². The van der Waals surface area contributed by atoms with Crippen molar-refractivity contribution in [3.63, 3.8) is 0 Å². The van der Waals surface area contributed by atoms with Crippen molar-refractivity contribution >= 4 is 0 Å². The van der Waals surface area contributed by atoms with Crippen LogP contribution in [0.15, 0.2) is 29.2 Å². The molecule has 4 heteroatoms. The van der Waals surface area contributed by atoms with Gasteiger partial charge in [-0.15, -0.1) is 0 Å². The standard InChI is InChI=1S/C13H14N2O2/c1-8-6-10(12(17-3)7-9(8)2)11-4-5-14-13(16)15-11/h4-7H,1-3H3,(H,14,15,16). The van der Waals surface area contributed by atoms with Crippen LogP contribution in [0.25, 0.3) is 11.3 Å². The van der Waals surface area contributed by atoms with Crippen molar-refractivity contribution in [3.8, 4) is 17.0 Å². The number of aryl methyl sites for hydroxylation is 2. The van der Waals surface area contributed by atoms with Gasteiger partial charge < -0.3 is 9.72 Å². The van der Waals surface area contributed by atoms with E-state index < -0.39 is 0 Å². The number of ether oxygens (including phenoxy) is 1. The van der Waals surface area contributed by atoms with Gasteiger partial charge in [0.05, 0.1) is 12.8 Å². The number of nitrogens with zero attached hydrogens (tertiary/aromatic N) is 1. The molecule has 0 aliphatic rings. The first kappa shape index (κ1) is 11.4. The number of aromatic amines is 1. The van der Waals surface area contributed by atoms with Gasteiger partial charge in [-0.25, -0.2) is 9.78 Å². The van der Waals surface area contributed by atoms with Crippen LogP contribution in [0.4, 0.5) is 0 Å². The summed E-state index contributed by atoms with van der Waals surface area (Å²) in [6.07, 6.45) is 1.49. The maximum absolute atomic E-state index is 11.2. The fourth-order valence-corrected chi connectivity index (χ4v) is 1.69. The van der Waals surface area contributed by atoms with Gasteiger partial charge in [-0.3, -0.25) is 0 Å². The van der Waals surface area contributed by atoms with E-state index in [1.807, 2.05) is 26.0 Å². The Labute approximate surface area is 99.3 Å². The van der Waals surface area contributed by atoms with Gasteiger partial charge in [0.2, 0.25) is 0 Å². The van der Waals surface area contributed by atoms with Crippen LogP contribution in [0, 0.1) is 13.8 Å². The topological polar surface area (TPSA) is 55.0 Å². The Morgan fingerprint density at radius 2 is 1.94 bits per heavy atom. The molecule has 1 aromatic carbocycles. The first-order chi connectivity index (χ1) is 8.11. The third-order valence-corrected chi connectivity index (χ3v) is 2.78. The molecule has 2 aromatic rings. The summed E-state index contributed by atoms with van der Waals surface area (Å²) in [5, 5.41) is 0. The van der Waals surface area contributed by atoms with Crippen LogP contribution in [-0.2, 0) is 0 Å². The Morgan fingerprint density at radius 3 is 2.59 bits per heavy atom. The second kappa shape index (κ2) is 4.41. The molecule has 0 fully saturated rings. The molecule has 0 unspecified atom stereocenters. The Bertz CT molecular complexity index is 603. The number of hydrogen-bond acceptors (Lipinski definition) is 3. The Hall–Kier alpha value is -2.10. The average molecular weight is 230 g/mol. The van der Waals surface area contributed by atoms with Gasteiger partial charge in [-0.05, 0) is 43.2 Å². The van der Waals surface area contributed by atoms with Crippen LogP contribution >= 0.6 is 0 Å². The van der Waals surface area contributed by atoms with Crippen LogP contribution in [0.3, 0.4) is 0 Å². The first-order valence-electron chi connectivity index (χ1n) is 5.33. The molecule has 17 heavy (non-hydrogen) atoms. The van der Waals surface area contributed by atoms with Crippen LogP contribution in [0.2, 0.25) is 0 Å². The monoisotopic (exact) mass is 230 g/mol. The van der Waals surface area contributed by atoms with E-state index in [0.717, 1.165) is 22.4 Å². The second-order valence-electron chi connectivity index (χ2n) is 3.93. The molecule has 1 aromatic heterocycles. The van der Waals surface area contributed by atoms with E-state index in [1.54, 1.807) is 13.2 Å². The molecule has 0 bridgehead atoms. The molecule has 4 nitrogen and oxygen atoms in total. The molecule has 0 aliphatic heterocycles. The zero-order valence-electron chi connectivity index (χ0n) is 10.1. The zero-order valence-corrected chi connectivity index (χ0v) is 10.1. The summed E-state index contributed by atoms with van der Waals surface area (Å²) < 4.78 is 5.33. The van der Waals surface area contributed by atoms with Crippen LogP contribution in [0.1, 0.15) is 11.1 Å². The Balaban J connectivity index is 2.66. The molecule has 1 heterocycles. The summed E-state index contributed by atoms with van der Waals surface area (Å²) in [5.41, 5.74) is 3.53. The maximum atomic E-state index is 11.2. The lowest BCUT2D eigenvalue weighted by Crippen LogP contribution is -2.09. The molecule has 88 valence electrons. The Kier molecular flexibility index (Phi) is 2.95. The van der Waals surface area contributed by atoms with Gasteiger partial charge in [0.1, 0.15) is 5.75 Å². The highest BCUT2D eigenvalue weighted by molar-refractivity contribution is 5.68. The predicted octanol–water partition coefficient (Wildman–Crippen LogP) is 2.06. The molecular weight excluding hydrogens is 216 g/mol. The lowest BCUT2D eigenvalue weighted by atomic mass is 10.0. The van der Waals surface area contributed by atoms with E-state index in [-0.39, 0.29) is 5.69 Å². The van der Waals surface area contributed by atoms with Crippen molar-refractivity contribution in [2.24, 2.45) is 0 Å². The zero-order chi connectivity index (χ0) is 12.4. The second-order valence-corrected chi connectivity index (χ2v) is 3.93. The summed E-state index contributed by atoms with van der Waals surface area (Å²) in [6.45, 7) is 4.05. The highest BCUT2D eigenvalue weighted by Crippen LogP contribution is 2.30. The van der Waals surface area contributed by atoms with Crippen LogP contribution in [-0.4, -0.2) is 17.1 Å². The van der Waals surface area contributed by atoms with Gasteiger partial charge >= 0.3 is 5.69 Å². The largest absolute Gasteiger partial charge is 0.496 e. The van der Waals surface area contributed by atoms with Crippen molar-refractivity contribution in [2.45, 2.75) is 13.8 Å². The first-order valence-corrected chi connectivity index (χ1v) is 5.33. The minimum absolute atomic E-state index is 0.359. The quantitative estimate of drug-likeness (QED) is 0.859. The number of H-pyrrole nitrogens is 1. The number of nitrogens with one attached hydrogen (secondary N) is 1. The van der Waals surface area contributed by atoms with Gasteiger partial charge in [-0.1, -0.05) is 0 Å². The van der Waals surface area contributed by atoms with E-state index >= 15 is 0 Å². The molecule has 0 atom stereocenters. The van der Waals surface area contributed by atoms with E-state index in [9.17, 15) is 4.79 Å². The van der Waals surface area contributed by atoms with Gasteiger partial charge in [0.25, 0.3) is 0 Å². The summed E-state index contributed by atoms with van der Waals surface area (Å²) >= 11 is 0. The number of aromatic nitrogens is 2. The fraction of sp³-hybridized carbons (Fsp3) is 0.231. The number of hydrogen-bond donors (Lipinski definition) is 1. The minimum Gasteiger partial charge on any atom is -0.496 e. The normalized spacial score (nSPS) is 10.3. The van der Waals surface area contributed by atoms with Crippen molar-refractivity contribution in [1.82, 2.24) is 9.97 Å². The van der Waals surface area contributed by atoms with Gasteiger partial charge in [0.15, 0.2) is 0 Å². The number of rotatable bonds is 2. The molecular formula is C13H14N2O2. The molecule has 1 N–H and O–H groups in total. The van der Waals surface area contributed by atoms with Crippen LogP contribution in [0.5, 0.6) is 5.75 Å². The van der Waals surface area contributed by atoms with Crippen molar-refractivity contribution < 1.29 is 4.74 Å². The number of benzene rings is 1. The van der Waals surface area contributed by atoms with E-state index in [4.69, 9.17) is 4.74 Å². The van der Waals surface area contributed by atoms with Crippen LogP contribution < -0.4 is 10.4 Å². The van der Waals surface area contributed by atoms with Gasteiger partial charge in [-0.2, -0.15) is 0 Å². The summed E-state index contributed by atoms with van der Waals surface area (Å²) in [5.74, 6) is 0.745. The van der Waals surface area contributed by atoms with E-state index in [1.165, 1.54) is 6.20 Å². The lowest BCUT2D eigenvalue weighted by Gasteiger charge is -2.11. The van der Waals surface area contributed by atoms with E-state index in [2.05, 4.69) is 9.97 Å². The maximum Gasteiger partial charge on any atom is 0.345 e. The molecule has 0 amide bonds.